The largest absolute Gasteiger partial charge is 0.494 e. The van der Waals surface area contributed by atoms with Crippen LogP contribution in [0, 0.1) is 0 Å². The van der Waals surface area contributed by atoms with Crippen LogP contribution in [-0.4, -0.2) is 38.2 Å². The van der Waals surface area contributed by atoms with Gasteiger partial charge >= 0.3 is 0 Å². The van der Waals surface area contributed by atoms with Gasteiger partial charge < -0.3 is 19.7 Å². The Morgan fingerprint density at radius 2 is 2.17 bits per heavy atom. The van der Waals surface area contributed by atoms with Crippen molar-refractivity contribution < 1.29 is 14.3 Å². The van der Waals surface area contributed by atoms with Gasteiger partial charge in [0.05, 0.1) is 29.6 Å². The van der Waals surface area contributed by atoms with Crippen molar-refractivity contribution in [3.63, 3.8) is 0 Å². The molecular weight excluding hydrogens is 398 g/mol. The summed E-state index contributed by atoms with van der Waals surface area (Å²) in [7, 11) is 3.85. The lowest BCUT2D eigenvalue weighted by atomic mass is 10.0. The highest BCUT2D eigenvalue weighted by atomic mass is 32.1. The summed E-state index contributed by atoms with van der Waals surface area (Å²) in [4.78, 5) is 20.5. The number of ether oxygens (including phenoxy) is 2. The molecule has 1 atom stereocenters. The van der Waals surface area contributed by atoms with E-state index in [2.05, 4.69) is 16.9 Å². The van der Waals surface area contributed by atoms with Crippen molar-refractivity contribution in [2.75, 3.05) is 32.2 Å². The van der Waals surface area contributed by atoms with E-state index in [4.69, 9.17) is 9.47 Å². The van der Waals surface area contributed by atoms with E-state index in [-0.39, 0.29) is 11.9 Å². The molecule has 3 heterocycles. The van der Waals surface area contributed by atoms with Crippen LogP contribution < -0.4 is 15.0 Å². The van der Waals surface area contributed by atoms with Gasteiger partial charge in [-0.15, -0.1) is 11.3 Å². The van der Waals surface area contributed by atoms with Gasteiger partial charge in [-0.05, 0) is 19.1 Å². The second-order valence-electron chi connectivity index (χ2n) is 7.27. The van der Waals surface area contributed by atoms with Crippen LogP contribution in [0.4, 0.5) is 5.69 Å². The number of nitrogens with one attached hydrogen (secondary N) is 1. The van der Waals surface area contributed by atoms with E-state index in [1.54, 1.807) is 6.20 Å². The third-order valence-corrected chi connectivity index (χ3v) is 6.28. The number of benzene rings is 1. The van der Waals surface area contributed by atoms with Gasteiger partial charge in [0, 0.05) is 37.8 Å². The first-order valence-electron chi connectivity index (χ1n) is 9.94. The summed E-state index contributed by atoms with van der Waals surface area (Å²) in [6.07, 6.45) is 2.47. The lowest BCUT2D eigenvalue weighted by Gasteiger charge is -2.26. The Labute approximate surface area is 180 Å². The molecule has 0 bridgehead atoms. The van der Waals surface area contributed by atoms with Crippen LogP contribution in [0.15, 0.2) is 43.1 Å². The van der Waals surface area contributed by atoms with E-state index >= 15 is 0 Å². The first-order chi connectivity index (χ1) is 14.5. The van der Waals surface area contributed by atoms with E-state index in [0.717, 1.165) is 39.2 Å². The maximum atomic E-state index is 13.4. The predicted molar refractivity (Wildman–Crippen MR) is 121 cm³/mol. The molecule has 6 nitrogen and oxygen atoms in total. The molecule has 7 heteroatoms. The zero-order valence-corrected chi connectivity index (χ0v) is 18.2. The van der Waals surface area contributed by atoms with Crippen LogP contribution >= 0.6 is 11.3 Å². The van der Waals surface area contributed by atoms with Gasteiger partial charge in [0.15, 0.2) is 0 Å². The molecule has 0 spiro atoms. The molecule has 0 radical (unpaired) electrons. The average Bonchev–Trinajstić information content (AvgIpc) is 3.14. The van der Waals surface area contributed by atoms with Crippen molar-refractivity contribution in [1.82, 2.24) is 10.3 Å². The normalized spacial score (nSPS) is 15.2. The van der Waals surface area contributed by atoms with Gasteiger partial charge in [0.25, 0.3) is 5.91 Å². The number of carbonyl (C=O) groups is 1. The van der Waals surface area contributed by atoms with Crippen LogP contribution in [0.25, 0.3) is 16.0 Å². The number of anilines is 1. The fourth-order valence-electron chi connectivity index (χ4n) is 3.73. The molecule has 1 N–H and O–H groups in total. The molecule has 0 saturated carbocycles. The number of rotatable bonds is 6. The molecule has 1 amide bonds. The molecule has 3 aromatic rings. The number of para-hydroxylation sites is 1. The van der Waals surface area contributed by atoms with Gasteiger partial charge in [-0.2, -0.15) is 0 Å². The Bertz CT molecular complexity index is 1110. The number of fused-ring (bicyclic) bond motifs is 2. The highest BCUT2D eigenvalue weighted by molar-refractivity contribution is 7.21. The Hall–Kier alpha value is -3.06. The van der Waals surface area contributed by atoms with E-state index in [0.29, 0.717) is 23.9 Å². The van der Waals surface area contributed by atoms with Crippen molar-refractivity contribution in [2.45, 2.75) is 19.4 Å². The van der Waals surface area contributed by atoms with Gasteiger partial charge in [-0.1, -0.05) is 24.8 Å². The predicted octanol–water partition coefficient (Wildman–Crippen LogP) is 4.62. The molecule has 1 aliphatic rings. The lowest BCUT2D eigenvalue weighted by molar-refractivity contribution is 0.0929. The van der Waals surface area contributed by atoms with Gasteiger partial charge in [0.1, 0.15) is 21.9 Å². The number of carbonyl (C=O) groups excluding carboxylic acids is 1. The molecular formula is C23H25N3O3S. The topological polar surface area (TPSA) is 63.7 Å². The first kappa shape index (κ1) is 20.2. The number of hydrogen-bond acceptors (Lipinski definition) is 6. The molecule has 30 heavy (non-hydrogen) atoms. The second kappa shape index (κ2) is 8.36. The van der Waals surface area contributed by atoms with Crippen molar-refractivity contribution in [3.05, 3.63) is 59.1 Å². The summed E-state index contributed by atoms with van der Waals surface area (Å²) in [5.74, 6) is 1.30. The molecule has 1 unspecified atom stereocenters. The number of pyridine rings is 1. The molecule has 4 rings (SSSR count). The highest BCUT2D eigenvalue weighted by Gasteiger charge is 2.27. The summed E-state index contributed by atoms with van der Waals surface area (Å²) in [5, 5.41) is 3.20. The molecule has 0 saturated heterocycles. The maximum absolute atomic E-state index is 13.4. The Morgan fingerprint density at radius 3 is 2.93 bits per heavy atom. The van der Waals surface area contributed by atoms with Gasteiger partial charge in [-0.25, -0.2) is 0 Å². The zero-order valence-electron chi connectivity index (χ0n) is 17.4. The van der Waals surface area contributed by atoms with Crippen molar-refractivity contribution in [2.24, 2.45) is 0 Å². The Balaban J connectivity index is 1.73. The monoisotopic (exact) mass is 423 g/mol. The smallest absolute Gasteiger partial charge is 0.264 e. The molecule has 2 aromatic heterocycles. The number of hydrogen-bond donors (Lipinski definition) is 1. The Kier molecular flexibility index (Phi) is 5.63. The summed E-state index contributed by atoms with van der Waals surface area (Å²) >= 11 is 1.42. The van der Waals surface area contributed by atoms with Crippen LogP contribution in [0.5, 0.6) is 5.75 Å². The minimum atomic E-state index is -0.114. The van der Waals surface area contributed by atoms with E-state index in [9.17, 15) is 4.79 Å². The average molecular weight is 424 g/mol. The van der Waals surface area contributed by atoms with Gasteiger partial charge in [-0.3, -0.25) is 9.78 Å². The fourth-order valence-corrected chi connectivity index (χ4v) is 5.00. The minimum Gasteiger partial charge on any atom is -0.494 e. The number of nitrogens with zero attached hydrogens (tertiary/aromatic N) is 2. The van der Waals surface area contributed by atoms with E-state index < -0.39 is 0 Å². The number of thiophene rings is 1. The van der Waals surface area contributed by atoms with Crippen molar-refractivity contribution >= 4 is 38.9 Å². The first-order valence-corrected chi connectivity index (χ1v) is 10.8. The van der Waals surface area contributed by atoms with Crippen LogP contribution in [-0.2, 0) is 4.74 Å². The number of aromatic nitrogens is 1. The standard InChI is InChI=1S/C23H25N3O3S/c1-5-28-14(2)15-10-12-24-19-20(26(3)4)22(30-21(15)19)23(27)25-17-11-13-29-18-9-7-6-8-16(17)18/h6-10,12,17H,2,5,11,13H2,1,3-4H3,(H,25,27). The Morgan fingerprint density at radius 1 is 1.37 bits per heavy atom. The highest BCUT2D eigenvalue weighted by Crippen LogP contribution is 2.40. The molecule has 1 aromatic carbocycles. The van der Waals surface area contributed by atoms with Crippen molar-refractivity contribution in [1.29, 1.82) is 0 Å². The van der Waals surface area contributed by atoms with Crippen LogP contribution in [0.3, 0.4) is 0 Å². The maximum Gasteiger partial charge on any atom is 0.264 e. The quantitative estimate of drug-likeness (QED) is 0.586. The second-order valence-corrected chi connectivity index (χ2v) is 8.29. The van der Waals surface area contributed by atoms with E-state index in [1.807, 2.05) is 56.3 Å². The fraction of sp³-hybridized carbons (Fsp3) is 0.304. The van der Waals surface area contributed by atoms with Crippen LogP contribution in [0.2, 0.25) is 0 Å². The molecule has 1 aliphatic heterocycles. The van der Waals surface area contributed by atoms with Crippen LogP contribution in [0.1, 0.15) is 40.2 Å². The molecule has 0 fully saturated rings. The van der Waals surface area contributed by atoms with Gasteiger partial charge in [0.2, 0.25) is 0 Å². The minimum absolute atomic E-state index is 0.0894. The molecule has 0 aliphatic carbocycles. The number of amides is 1. The summed E-state index contributed by atoms with van der Waals surface area (Å²) in [6, 6.07) is 9.64. The summed E-state index contributed by atoms with van der Waals surface area (Å²) in [5.41, 5.74) is 3.46. The third kappa shape index (κ3) is 3.61. The zero-order chi connectivity index (χ0) is 21.3. The summed E-state index contributed by atoms with van der Waals surface area (Å²) < 4.78 is 12.2. The van der Waals surface area contributed by atoms with Crippen molar-refractivity contribution in [3.8, 4) is 5.75 Å². The SMILES string of the molecule is C=C(OCC)c1ccnc2c(N(C)C)c(C(=O)NC3CCOc4ccccc43)sc12. The third-order valence-electron chi connectivity index (χ3n) is 5.08. The lowest BCUT2D eigenvalue weighted by Crippen LogP contribution is -2.32. The molecule has 156 valence electrons. The summed E-state index contributed by atoms with van der Waals surface area (Å²) in [6.45, 7) is 7.08. The van der Waals surface area contributed by atoms with E-state index in [1.165, 1.54) is 11.3 Å².